The van der Waals surface area contributed by atoms with Crippen molar-refractivity contribution in [2.24, 2.45) is 0 Å². The Hall–Kier alpha value is -0.440. The first-order valence-electron chi connectivity index (χ1n) is 1.78. The van der Waals surface area contributed by atoms with Gasteiger partial charge in [-0.15, -0.1) is 17.0 Å². The molecule has 0 saturated carbocycles. The van der Waals surface area contributed by atoms with Gasteiger partial charge in [0.05, 0.1) is 0 Å². The van der Waals surface area contributed by atoms with E-state index in [0.29, 0.717) is 0 Å². The third-order valence-corrected chi connectivity index (χ3v) is 0.622. The monoisotopic (exact) mass is 162 g/mol. The highest BCUT2D eigenvalue weighted by Crippen LogP contribution is 1.92. The molecule has 2 nitrogen and oxygen atoms in total. The van der Waals surface area contributed by atoms with E-state index < -0.39 is 0 Å². The summed E-state index contributed by atoms with van der Waals surface area (Å²) in [5.41, 5.74) is 6.03. The number of halogens is 1. The number of hydrogen-bond acceptors (Lipinski definition) is 1. The maximum absolute atomic E-state index is 5.25. The second-order valence-corrected chi connectivity index (χ2v) is 1.14. The maximum Gasteiger partial charge on any atom is 0.0491 e. The summed E-state index contributed by atoms with van der Waals surface area (Å²) in [6.07, 6.45) is 3.52. The fourth-order valence-electron chi connectivity index (χ4n) is 0.337. The maximum atomic E-state index is 5.25. The molecule has 0 aromatic carbocycles. The molecular weight excluding hydrogens is 156 g/mol. The van der Waals surface area contributed by atoms with Gasteiger partial charge in [0.15, 0.2) is 0 Å². The topological polar surface area (TPSA) is 41.8 Å². The molecule has 3 heteroatoms. The van der Waals surface area contributed by atoms with E-state index >= 15 is 0 Å². The largest absolute Gasteiger partial charge is 0.398 e. The second kappa shape index (κ2) is 2.69. The standard InChI is InChI=1S/C4H6N2.BrH/c5-4-1-2-6-3-4;/h1-3,6H,5H2;1H. The molecule has 0 aliphatic heterocycles. The number of rotatable bonds is 0. The van der Waals surface area contributed by atoms with Crippen molar-refractivity contribution in [2.75, 3.05) is 5.73 Å². The van der Waals surface area contributed by atoms with E-state index in [1.165, 1.54) is 0 Å². The number of aromatic nitrogens is 1. The highest BCUT2D eigenvalue weighted by molar-refractivity contribution is 8.93. The fraction of sp³-hybridized carbons (Fsp3) is 0. The summed E-state index contributed by atoms with van der Waals surface area (Å²) in [4.78, 5) is 2.80. The quantitative estimate of drug-likeness (QED) is 0.592. The lowest BCUT2D eigenvalue weighted by Crippen LogP contribution is -1.75. The summed E-state index contributed by atoms with van der Waals surface area (Å²) in [6.45, 7) is 0. The Bertz CT molecular complexity index is 113. The van der Waals surface area contributed by atoms with Crippen LogP contribution < -0.4 is 5.73 Å². The average Bonchev–Trinajstić information content (AvgIpc) is 1.86. The molecule has 0 spiro atoms. The van der Waals surface area contributed by atoms with Crippen molar-refractivity contribution in [3.8, 4) is 0 Å². The van der Waals surface area contributed by atoms with Crippen LogP contribution in [-0.4, -0.2) is 4.98 Å². The van der Waals surface area contributed by atoms with Gasteiger partial charge in [-0.25, -0.2) is 0 Å². The minimum atomic E-state index is 0. The molecule has 0 atom stereocenters. The van der Waals surface area contributed by atoms with Crippen LogP contribution in [-0.2, 0) is 0 Å². The van der Waals surface area contributed by atoms with Gasteiger partial charge in [-0.1, -0.05) is 0 Å². The van der Waals surface area contributed by atoms with Gasteiger partial charge in [-0.3, -0.25) is 0 Å². The van der Waals surface area contributed by atoms with Gasteiger partial charge in [0, 0.05) is 18.1 Å². The van der Waals surface area contributed by atoms with Crippen LogP contribution in [0.5, 0.6) is 0 Å². The SMILES string of the molecule is Br.Nc1cc[nH]c1. The average molecular weight is 163 g/mol. The van der Waals surface area contributed by atoms with E-state index in [-0.39, 0.29) is 17.0 Å². The summed E-state index contributed by atoms with van der Waals surface area (Å²) in [7, 11) is 0. The van der Waals surface area contributed by atoms with Crippen molar-refractivity contribution in [3.63, 3.8) is 0 Å². The van der Waals surface area contributed by atoms with Crippen LogP contribution in [0.15, 0.2) is 18.5 Å². The first-order valence-corrected chi connectivity index (χ1v) is 1.78. The Balaban J connectivity index is 0.000000360. The van der Waals surface area contributed by atoms with Crippen LogP contribution in [0.2, 0.25) is 0 Å². The normalized spacial score (nSPS) is 7.43. The number of aromatic amines is 1. The number of anilines is 1. The smallest absolute Gasteiger partial charge is 0.0491 e. The number of nitrogens with two attached hydrogens (primary N) is 1. The van der Waals surface area contributed by atoms with Gasteiger partial charge in [0.25, 0.3) is 0 Å². The van der Waals surface area contributed by atoms with Crippen molar-refractivity contribution >= 4 is 22.7 Å². The third kappa shape index (κ3) is 1.64. The number of nitrogen functional groups attached to an aromatic ring is 1. The molecule has 0 aliphatic carbocycles. The highest BCUT2D eigenvalue weighted by Gasteiger charge is 1.73. The van der Waals surface area contributed by atoms with Gasteiger partial charge in [0.1, 0.15) is 0 Å². The minimum absolute atomic E-state index is 0. The van der Waals surface area contributed by atoms with E-state index in [4.69, 9.17) is 5.73 Å². The predicted octanol–water partition coefficient (Wildman–Crippen LogP) is 1.17. The Labute approximate surface area is 52.5 Å². The lowest BCUT2D eigenvalue weighted by atomic mass is 10.6. The highest BCUT2D eigenvalue weighted by atomic mass is 79.9. The molecule has 1 heterocycles. The van der Waals surface area contributed by atoms with Crippen molar-refractivity contribution in [2.45, 2.75) is 0 Å². The van der Waals surface area contributed by atoms with Crippen LogP contribution in [0.1, 0.15) is 0 Å². The molecule has 1 rings (SSSR count). The molecule has 40 valence electrons. The second-order valence-electron chi connectivity index (χ2n) is 1.14. The van der Waals surface area contributed by atoms with Crippen LogP contribution in [0.4, 0.5) is 5.69 Å². The van der Waals surface area contributed by atoms with E-state index in [2.05, 4.69) is 4.98 Å². The first-order chi connectivity index (χ1) is 2.89. The summed E-state index contributed by atoms with van der Waals surface area (Å²) < 4.78 is 0. The Morgan fingerprint density at radius 2 is 2.29 bits per heavy atom. The van der Waals surface area contributed by atoms with Crippen LogP contribution >= 0.6 is 17.0 Å². The van der Waals surface area contributed by atoms with Gasteiger partial charge in [-0.2, -0.15) is 0 Å². The molecule has 0 aliphatic rings. The molecule has 0 unspecified atom stereocenters. The Morgan fingerprint density at radius 3 is 2.43 bits per heavy atom. The number of H-pyrrole nitrogens is 1. The van der Waals surface area contributed by atoms with Gasteiger partial charge in [0.2, 0.25) is 0 Å². The molecule has 1 aromatic heterocycles. The zero-order valence-corrected chi connectivity index (χ0v) is 5.43. The fourth-order valence-corrected chi connectivity index (χ4v) is 0.337. The van der Waals surface area contributed by atoms with Crippen LogP contribution in [0.3, 0.4) is 0 Å². The van der Waals surface area contributed by atoms with Crippen molar-refractivity contribution < 1.29 is 0 Å². The van der Waals surface area contributed by atoms with Gasteiger partial charge >= 0.3 is 0 Å². The summed E-state index contributed by atoms with van der Waals surface area (Å²) in [6, 6.07) is 1.81. The summed E-state index contributed by atoms with van der Waals surface area (Å²) in [5.74, 6) is 0. The van der Waals surface area contributed by atoms with Crippen molar-refractivity contribution in [3.05, 3.63) is 18.5 Å². The van der Waals surface area contributed by atoms with Crippen LogP contribution in [0, 0.1) is 0 Å². The molecular formula is C4H7BrN2. The summed E-state index contributed by atoms with van der Waals surface area (Å²) >= 11 is 0. The zero-order valence-electron chi connectivity index (χ0n) is 3.72. The van der Waals surface area contributed by atoms with Gasteiger partial charge < -0.3 is 10.7 Å². The Morgan fingerprint density at radius 1 is 1.57 bits per heavy atom. The molecule has 0 radical (unpaired) electrons. The van der Waals surface area contributed by atoms with E-state index in [9.17, 15) is 0 Å². The molecule has 0 saturated heterocycles. The van der Waals surface area contributed by atoms with E-state index in [0.717, 1.165) is 5.69 Å². The minimum Gasteiger partial charge on any atom is -0.398 e. The van der Waals surface area contributed by atoms with E-state index in [1.807, 2.05) is 0 Å². The molecule has 0 amide bonds. The number of nitrogens with one attached hydrogen (secondary N) is 1. The zero-order chi connectivity index (χ0) is 4.41. The number of hydrogen-bond donors (Lipinski definition) is 2. The lowest BCUT2D eigenvalue weighted by molar-refractivity contribution is 1.42. The van der Waals surface area contributed by atoms with Crippen molar-refractivity contribution in [1.82, 2.24) is 4.98 Å². The predicted molar refractivity (Wildman–Crippen MR) is 35.5 cm³/mol. The lowest BCUT2D eigenvalue weighted by Gasteiger charge is -1.69. The summed E-state index contributed by atoms with van der Waals surface area (Å²) in [5, 5.41) is 0. The van der Waals surface area contributed by atoms with Crippen molar-refractivity contribution in [1.29, 1.82) is 0 Å². The molecule has 0 bridgehead atoms. The van der Waals surface area contributed by atoms with Gasteiger partial charge in [-0.05, 0) is 6.07 Å². The third-order valence-electron chi connectivity index (χ3n) is 0.622. The molecule has 3 N–H and O–H groups in total. The molecule has 1 aromatic rings. The molecule has 7 heavy (non-hydrogen) atoms. The van der Waals surface area contributed by atoms with E-state index in [1.54, 1.807) is 18.5 Å². The Kier molecular flexibility index (Phi) is 2.52. The van der Waals surface area contributed by atoms with Crippen LogP contribution in [0.25, 0.3) is 0 Å². The first kappa shape index (κ1) is 6.56. The molecule has 0 fully saturated rings.